The molecule has 0 aliphatic rings. The molecule has 0 atom stereocenters. The van der Waals surface area contributed by atoms with Gasteiger partial charge >= 0.3 is 0 Å². The maximum Gasteiger partial charge on any atom is 0.257 e. The highest BCUT2D eigenvalue weighted by molar-refractivity contribution is 7.15. The summed E-state index contributed by atoms with van der Waals surface area (Å²) in [6.45, 7) is 2.29. The number of anilines is 1. The second-order valence-electron chi connectivity index (χ2n) is 3.55. The predicted molar refractivity (Wildman–Crippen MR) is 69.4 cm³/mol. The highest BCUT2D eigenvalue weighted by Crippen LogP contribution is 2.16. The second kappa shape index (κ2) is 5.65. The van der Waals surface area contributed by atoms with Gasteiger partial charge in [-0.2, -0.15) is 0 Å². The van der Waals surface area contributed by atoms with Crippen LogP contribution in [0.4, 0.5) is 5.13 Å². The van der Waals surface area contributed by atoms with Crippen LogP contribution in [0, 0.1) is 0 Å². The molecule has 6 nitrogen and oxygen atoms in total. The lowest BCUT2D eigenvalue weighted by atomic mass is 10.2. The number of nitrogens with zero attached hydrogens (tertiary/aromatic N) is 3. The number of nitrogens with two attached hydrogens (primary N) is 1. The summed E-state index contributed by atoms with van der Waals surface area (Å²) in [5.41, 5.74) is 6.67. The highest BCUT2D eigenvalue weighted by Gasteiger charge is 2.10. The van der Waals surface area contributed by atoms with E-state index in [1.54, 1.807) is 18.3 Å². The monoisotopic (exact) mass is 263 g/mol. The van der Waals surface area contributed by atoms with Crippen molar-refractivity contribution >= 4 is 22.4 Å². The molecule has 2 aromatic heterocycles. The van der Waals surface area contributed by atoms with Crippen LogP contribution in [0.2, 0.25) is 0 Å². The number of aromatic nitrogens is 3. The summed E-state index contributed by atoms with van der Waals surface area (Å²) < 4.78 is 0. The van der Waals surface area contributed by atoms with Crippen LogP contribution in [-0.4, -0.2) is 21.1 Å². The number of rotatable bonds is 4. The maximum absolute atomic E-state index is 11.9. The second-order valence-corrected chi connectivity index (χ2v) is 4.61. The first-order valence-corrected chi connectivity index (χ1v) is 6.33. The van der Waals surface area contributed by atoms with Gasteiger partial charge in [0, 0.05) is 18.3 Å². The average molecular weight is 263 g/mol. The van der Waals surface area contributed by atoms with E-state index in [1.807, 2.05) is 6.92 Å². The van der Waals surface area contributed by atoms with E-state index in [1.165, 1.54) is 11.3 Å². The fourth-order valence-electron chi connectivity index (χ4n) is 1.35. The van der Waals surface area contributed by atoms with Crippen molar-refractivity contribution in [2.24, 2.45) is 5.73 Å². The topological polar surface area (TPSA) is 93.8 Å². The Bertz CT molecular complexity index is 554. The molecule has 2 rings (SSSR count). The minimum absolute atomic E-state index is 0.231. The minimum atomic E-state index is -0.231. The Morgan fingerprint density at radius 2 is 2.33 bits per heavy atom. The quantitative estimate of drug-likeness (QED) is 0.864. The lowest BCUT2D eigenvalue weighted by molar-refractivity contribution is 0.102. The smallest absolute Gasteiger partial charge is 0.257 e. The van der Waals surface area contributed by atoms with Gasteiger partial charge in [0.15, 0.2) is 0 Å². The van der Waals surface area contributed by atoms with Crippen molar-refractivity contribution in [1.82, 2.24) is 15.2 Å². The fourth-order valence-corrected chi connectivity index (χ4v) is 2.02. The summed E-state index contributed by atoms with van der Waals surface area (Å²) in [6, 6.07) is 3.30. The fraction of sp³-hybridized carbons (Fsp3) is 0.273. The lowest BCUT2D eigenvalue weighted by Gasteiger charge is -2.02. The van der Waals surface area contributed by atoms with E-state index in [0.717, 1.165) is 11.4 Å². The van der Waals surface area contributed by atoms with Crippen LogP contribution in [0.1, 0.15) is 28.0 Å². The van der Waals surface area contributed by atoms with Crippen molar-refractivity contribution in [3.05, 3.63) is 34.6 Å². The molecule has 3 N–H and O–H groups in total. The number of hydrogen-bond acceptors (Lipinski definition) is 6. The molecule has 0 spiro atoms. The standard InChI is InChI=1S/C11H13N5OS/c1-2-9-15-16-11(18-9)14-10(17)7-3-4-13-8(5-7)6-12/h3-5H,2,6,12H2,1H3,(H,14,16,17). The number of aryl methyl sites for hydroxylation is 1. The molecule has 2 heterocycles. The lowest BCUT2D eigenvalue weighted by Crippen LogP contribution is -2.13. The first-order valence-electron chi connectivity index (χ1n) is 5.51. The van der Waals surface area contributed by atoms with Gasteiger partial charge in [-0.1, -0.05) is 18.3 Å². The SMILES string of the molecule is CCc1nnc(NC(=O)c2ccnc(CN)c2)s1. The summed E-state index contributed by atoms with van der Waals surface area (Å²) in [5, 5.41) is 11.9. The molecule has 0 saturated carbocycles. The normalized spacial score (nSPS) is 10.3. The van der Waals surface area contributed by atoms with Gasteiger partial charge in [-0.15, -0.1) is 10.2 Å². The Morgan fingerprint density at radius 3 is 3.00 bits per heavy atom. The van der Waals surface area contributed by atoms with Crippen LogP contribution >= 0.6 is 11.3 Å². The Hall–Kier alpha value is -1.86. The van der Waals surface area contributed by atoms with E-state index in [4.69, 9.17) is 5.73 Å². The molecular weight excluding hydrogens is 250 g/mol. The van der Waals surface area contributed by atoms with E-state index in [2.05, 4.69) is 20.5 Å². The summed E-state index contributed by atoms with van der Waals surface area (Å²) >= 11 is 1.37. The zero-order valence-corrected chi connectivity index (χ0v) is 10.7. The van der Waals surface area contributed by atoms with Crippen molar-refractivity contribution in [2.45, 2.75) is 19.9 Å². The molecule has 0 unspecified atom stereocenters. The molecule has 1 amide bonds. The molecule has 0 saturated heterocycles. The molecule has 7 heteroatoms. The number of pyridine rings is 1. The van der Waals surface area contributed by atoms with Crippen LogP contribution in [0.3, 0.4) is 0 Å². The Labute approximate surface area is 108 Å². The molecule has 94 valence electrons. The van der Waals surface area contributed by atoms with E-state index < -0.39 is 0 Å². The minimum Gasteiger partial charge on any atom is -0.325 e. The molecule has 0 fully saturated rings. The zero-order chi connectivity index (χ0) is 13.0. The Morgan fingerprint density at radius 1 is 1.50 bits per heavy atom. The first kappa shape index (κ1) is 12.6. The van der Waals surface area contributed by atoms with Crippen molar-refractivity contribution in [2.75, 3.05) is 5.32 Å². The third kappa shape index (κ3) is 2.88. The molecule has 0 bridgehead atoms. The van der Waals surface area contributed by atoms with Gasteiger partial charge in [-0.05, 0) is 18.6 Å². The summed E-state index contributed by atoms with van der Waals surface area (Å²) in [5.74, 6) is -0.231. The number of nitrogens with one attached hydrogen (secondary N) is 1. The zero-order valence-electron chi connectivity index (χ0n) is 9.88. The molecule has 18 heavy (non-hydrogen) atoms. The molecule has 0 aliphatic carbocycles. The van der Waals surface area contributed by atoms with Gasteiger partial charge in [0.25, 0.3) is 5.91 Å². The Balaban J connectivity index is 2.11. The van der Waals surface area contributed by atoms with E-state index in [-0.39, 0.29) is 5.91 Å². The molecule has 0 aromatic carbocycles. The van der Waals surface area contributed by atoms with Gasteiger partial charge in [0.2, 0.25) is 5.13 Å². The van der Waals surface area contributed by atoms with Crippen LogP contribution < -0.4 is 11.1 Å². The van der Waals surface area contributed by atoms with Crippen molar-refractivity contribution < 1.29 is 4.79 Å². The average Bonchev–Trinajstić information content (AvgIpc) is 2.86. The van der Waals surface area contributed by atoms with Crippen LogP contribution in [-0.2, 0) is 13.0 Å². The number of amides is 1. The predicted octanol–water partition coefficient (Wildman–Crippen LogP) is 1.21. The van der Waals surface area contributed by atoms with Crippen molar-refractivity contribution in [3.8, 4) is 0 Å². The summed E-state index contributed by atoms with van der Waals surface area (Å²) in [7, 11) is 0. The van der Waals surface area contributed by atoms with E-state index >= 15 is 0 Å². The maximum atomic E-state index is 11.9. The molecule has 0 radical (unpaired) electrons. The molecular formula is C11H13N5OS. The van der Waals surface area contributed by atoms with Crippen LogP contribution in [0.5, 0.6) is 0 Å². The molecule has 0 aliphatic heterocycles. The summed E-state index contributed by atoms with van der Waals surface area (Å²) in [4.78, 5) is 16.0. The number of carbonyl (C=O) groups excluding carboxylic acids is 1. The first-order chi connectivity index (χ1) is 8.72. The number of hydrogen-bond donors (Lipinski definition) is 2. The van der Waals surface area contributed by atoms with E-state index in [9.17, 15) is 4.79 Å². The summed E-state index contributed by atoms with van der Waals surface area (Å²) in [6.07, 6.45) is 2.37. The van der Waals surface area contributed by atoms with Crippen molar-refractivity contribution in [3.63, 3.8) is 0 Å². The highest BCUT2D eigenvalue weighted by atomic mass is 32.1. The third-order valence-electron chi connectivity index (χ3n) is 2.28. The van der Waals surface area contributed by atoms with Crippen LogP contribution in [0.25, 0.3) is 0 Å². The Kier molecular flexibility index (Phi) is 3.96. The largest absolute Gasteiger partial charge is 0.325 e. The van der Waals surface area contributed by atoms with E-state index in [0.29, 0.717) is 22.9 Å². The van der Waals surface area contributed by atoms with Crippen molar-refractivity contribution in [1.29, 1.82) is 0 Å². The van der Waals surface area contributed by atoms with Crippen LogP contribution in [0.15, 0.2) is 18.3 Å². The van der Waals surface area contributed by atoms with Gasteiger partial charge in [-0.3, -0.25) is 15.1 Å². The molecule has 2 aromatic rings. The van der Waals surface area contributed by atoms with Gasteiger partial charge in [0.05, 0.1) is 5.69 Å². The van der Waals surface area contributed by atoms with Gasteiger partial charge in [0.1, 0.15) is 5.01 Å². The number of carbonyl (C=O) groups is 1. The third-order valence-corrected chi connectivity index (χ3v) is 3.26. The van der Waals surface area contributed by atoms with Gasteiger partial charge < -0.3 is 5.73 Å². The van der Waals surface area contributed by atoms with Gasteiger partial charge in [-0.25, -0.2) is 0 Å².